The smallest absolute Gasteiger partial charge is 0.203 e. The van der Waals surface area contributed by atoms with Crippen molar-refractivity contribution in [2.75, 3.05) is 26.8 Å². The number of halogens is 1. The Morgan fingerprint density at radius 3 is 2.61 bits per heavy atom. The van der Waals surface area contributed by atoms with Crippen LogP contribution in [0.4, 0.5) is 5.13 Å². The second kappa shape index (κ2) is 8.81. The van der Waals surface area contributed by atoms with Gasteiger partial charge in [-0.25, -0.2) is 4.98 Å². The lowest BCUT2D eigenvalue weighted by atomic mass is 10.1. The van der Waals surface area contributed by atoms with Gasteiger partial charge in [0.1, 0.15) is 11.5 Å². The SMILES string of the molecule is COc1ccc(-c2csc(N/N=C\c3cc(Cl)c(O)c(OC)c3)n2)c(OC)c1. The van der Waals surface area contributed by atoms with Gasteiger partial charge in [0.25, 0.3) is 0 Å². The second-order valence-electron chi connectivity index (χ2n) is 5.53. The Hall–Kier alpha value is -2.97. The number of anilines is 1. The fourth-order valence-electron chi connectivity index (χ4n) is 2.44. The standard InChI is InChI=1S/C19H18ClN3O4S/c1-25-12-4-5-13(16(8-12)26-2)15-10-28-19(22-15)23-21-9-11-6-14(20)18(24)17(7-11)27-3/h4-10,24H,1-3H3,(H,22,23)/b21-9-. The normalized spacial score (nSPS) is 10.9. The molecule has 0 bridgehead atoms. The number of rotatable bonds is 7. The summed E-state index contributed by atoms with van der Waals surface area (Å²) in [7, 11) is 4.66. The molecule has 0 saturated carbocycles. The van der Waals surface area contributed by atoms with Gasteiger partial charge < -0.3 is 19.3 Å². The van der Waals surface area contributed by atoms with Crippen molar-refractivity contribution in [3.05, 3.63) is 46.3 Å². The van der Waals surface area contributed by atoms with Gasteiger partial charge >= 0.3 is 0 Å². The summed E-state index contributed by atoms with van der Waals surface area (Å²) in [4.78, 5) is 4.52. The third-order valence-electron chi connectivity index (χ3n) is 3.83. The van der Waals surface area contributed by atoms with Crippen LogP contribution in [0.3, 0.4) is 0 Å². The molecule has 0 aliphatic carbocycles. The predicted octanol–water partition coefficient (Wildman–Crippen LogP) is 4.64. The molecule has 0 aliphatic rings. The average Bonchev–Trinajstić information content (AvgIpc) is 3.18. The van der Waals surface area contributed by atoms with E-state index < -0.39 is 0 Å². The van der Waals surface area contributed by atoms with Crippen LogP contribution in [0.25, 0.3) is 11.3 Å². The van der Waals surface area contributed by atoms with Gasteiger partial charge in [-0.15, -0.1) is 11.3 Å². The number of benzene rings is 2. The predicted molar refractivity (Wildman–Crippen MR) is 112 cm³/mol. The zero-order valence-corrected chi connectivity index (χ0v) is 17.0. The fourth-order valence-corrected chi connectivity index (χ4v) is 3.32. The number of phenolic OH excluding ortho intramolecular Hbond substituents is 1. The van der Waals surface area contributed by atoms with Crippen molar-refractivity contribution in [2.45, 2.75) is 0 Å². The molecule has 0 radical (unpaired) electrons. The number of hydrazone groups is 1. The number of phenols is 1. The number of aromatic nitrogens is 1. The van der Waals surface area contributed by atoms with Crippen LogP contribution in [0, 0.1) is 0 Å². The monoisotopic (exact) mass is 419 g/mol. The van der Waals surface area contributed by atoms with Crippen molar-refractivity contribution in [3.63, 3.8) is 0 Å². The highest BCUT2D eigenvalue weighted by atomic mass is 35.5. The van der Waals surface area contributed by atoms with Gasteiger partial charge in [-0.05, 0) is 29.8 Å². The first kappa shape index (κ1) is 19.8. The topological polar surface area (TPSA) is 85.2 Å². The Morgan fingerprint density at radius 1 is 1.11 bits per heavy atom. The lowest BCUT2D eigenvalue weighted by Gasteiger charge is -2.08. The van der Waals surface area contributed by atoms with Gasteiger partial charge in [-0.1, -0.05) is 11.6 Å². The minimum Gasteiger partial charge on any atom is -0.503 e. The first-order valence-electron chi connectivity index (χ1n) is 8.09. The Balaban J connectivity index is 1.75. The summed E-state index contributed by atoms with van der Waals surface area (Å²) in [5.74, 6) is 1.55. The van der Waals surface area contributed by atoms with Gasteiger partial charge in [-0.2, -0.15) is 5.10 Å². The Morgan fingerprint density at radius 2 is 1.89 bits per heavy atom. The molecular formula is C19H18ClN3O4S. The van der Waals surface area contributed by atoms with Gasteiger partial charge in [0.15, 0.2) is 11.5 Å². The van der Waals surface area contributed by atoms with E-state index in [9.17, 15) is 5.11 Å². The van der Waals surface area contributed by atoms with Gasteiger partial charge in [0, 0.05) is 17.0 Å². The molecule has 3 aromatic rings. The average molecular weight is 420 g/mol. The van der Waals surface area contributed by atoms with Crippen LogP contribution in [0.1, 0.15) is 5.56 Å². The molecule has 146 valence electrons. The van der Waals surface area contributed by atoms with E-state index in [2.05, 4.69) is 15.5 Å². The van der Waals surface area contributed by atoms with Crippen molar-refractivity contribution in [1.29, 1.82) is 0 Å². The maximum Gasteiger partial charge on any atom is 0.203 e. The molecule has 1 aromatic heterocycles. The van der Waals surface area contributed by atoms with Crippen molar-refractivity contribution >= 4 is 34.3 Å². The molecule has 2 aromatic carbocycles. The van der Waals surface area contributed by atoms with Crippen LogP contribution >= 0.6 is 22.9 Å². The van der Waals surface area contributed by atoms with Crippen LogP contribution < -0.4 is 19.6 Å². The maximum absolute atomic E-state index is 9.77. The molecule has 0 amide bonds. The number of hydrogen-bond acceptors (Lipinski definition) is 8. The highest BCUT2D eigenvalue weighted by Crippen LogP contribution is 2.35. The summed E-state index contributed by atoms with van der Waals surface area (Å²) in [5, 5.41) is 16.6. The third-order valence-corrected chi connectivity index (χ3v) is 4.87. The highest BCUT2D eigenvalue weighted by Gasteiger charge is 2.11. The van der Waals surface area contributed by atoms with E-state index in [0.29, 0.717) is 22.2 Å². The van der Waals surface area contributed by atoms with Gasteiger partial charge in [0.2, 0.25) is 5.13 Å². The molecule has 0 spiro atoms. The minimum absolute atomic E-state index is 0.104. The zero-order chi connectivity index (χ0) is 20.1. The molecule has 3 rings (SSSR count). The summed E-state index contributed by atoms with van der Waals surface area (Å²) in [6.07, 6.45) is 1.56. The van der Waals surface area contributed by atoms with Gasteiger partial charge in [-0.3, -0.25) is 5.43 Å². The summed E-state index contributed by atoms with van der Waals surface area (Å²) >= 11 is 7.38. The molecule has 9 heteroatoms. The Bertz CT molecular complexity index is 1010. The van der Waals surface area contributed by atoms with E-state index in [4.69, 9.17) is 25.8 Å². The molecule has 0 atom stereocenters. The van der Waals surface area contributed by atoms with Crippen LogP contribution in [0.15, 0.2) is 40.8 Å². The Kier molecular flexibility index (Phi) is 6.23. The zero-order valence-electron chi connectivity index (χ0n) is 15.4. The molecule has 0 fully saturated rings. The van der Waals surface area contributed by atoms with Crippen molar-refractivity contribution in [3.8, 4) is 34.3 Å². The summed E-state index contributed by atoms with van der Waals surface area (Å²) < 4.78 is 15.7. The molecular weight excluding hydrogens is 402 g/mol. The maximum atomic E-state index is 9.77. The fraction of sp³-hybridized carbons (Fsp3) is 0.158. The van der Waals surface area contributed by atoms with Crippen LogP contribution in [0.2, 0.25) is 5.02 Å². The third kappa shape index (κ3) is 4.29. The molecule has 28 heavy (non-hydrogen) atoms. The van der Waals surface area contributed by atoms with Crippen molar-refractivity contribution in [2.24, 2.45) is 5.10 Å². The summed E-state index contributed by atoms with van der Waals surface area (Å²) in [5.41, 5.74) is 5.16. The van der Waals surface area contributed by atoms with Crippen molar-refractivity contribution < 1.29 is 19.3 Å². The van der Waals surface area contributed by atoms with Crippen LogP contribution in [-0.4, -0.2) is 37.6 Å². The molecule has 7 nitrogen and oxygen atoms in total. The Labute approximate surface area is 171 Å². The number of nitrogens with zero attached hydrogens (tertiary/aromatic N) is 2. The second-order valence-corrected chi connectivity index (χ2v) is 6.79. The highest BCUT2D eigenvalue weighted by molar-refractivity contribution is 7.14. The summed E-state index contributed by atoms with van der Waals surface area (Å²) in [6, 6.07) is 8.76. The van der Waals surface area contributed by atoms with E-state index in [-0.39, 0.29) is 16.5 Å². The number of nitrogens with one attached hydrogen (secondary N) is 1. The van der Waals surface area contributed by atoms with E-state index >= 15 is 0 Å². The lowest BCUT2D eigenvalue weighted by molar-refractivity contribution is 0.373. The largest absolute Gasteiger partial charge is 0.503 e. The van der Waals surface area contributed by atoms with Crippen molar-refractivity contribution in [1.82, 2.24) is 4.98 Å². The minimum atomic E-state index is -0.104. The molecule has 0 saturated heterocycles. The van der Waals surface area contributed by atoms with E-state index in [0.717, 1.165) is 11.3 Å². The van der Waals surface area contributed by atoms with E-state index in [1.807, 2.05) is 23.6 Å². The van der Waals surface area contributed by atoms with E-state index in [1.54, 1.807) is 32.6 Å². The van der Waals surface area contributed by atoms with Crippen LogP contribution in [-0.2, 0) is 0 Å². The lowest BCUT2D eigenvalue weighted by Crippen LogP contribution is -1.93. The molecule has 0 aliphatic heterocycles. The number of ether oxygens (including phenoxy) is 3. The van der Waals surface area contributed by atoms with Crippen LogP contribution in [0.5, 0.6) is 23.0 Å². The number of thiazole rings is 1. The molecule has 1 heterocycles. The quantitative estimate of drug-likeness (QED) is 0.428. The number of aromatic hydroxyl groups is 1. The molecule has 2 N–H and O–H groups in total. The first-order valence-corrected chi connectivity index (χ1v) is 9.35. The first-order chi connectivity index (χ1) is 13.5. The van der Waals surface area contributed by atoms with E-state index in [1.165, 1.54) is 18.4 Å². The summed E-state index contributed by atoms with van der Waals surface area (Å²) in [6.45, 7) is 0. The number of methoxy groups -OCH3 is 3. The molecule has 0 unspecified atom stereocenters. The van der Waals surface area contributed by atoms with Gasteiger partial charge in [0.05, 0.1) is 38.3 Å². The number of hydrogen-bond donors (Lipinski definition) is 2.